The van der Waals surface area contributed by atoms with E-state index in [0.717, 1.165) is 11.1 Å². The Labute approximate surface area is 81.8 Å². The zero-order valence-corrected chi connectivity index (χ0v) is 7.66. The van der Waals surface area contributed by atoms with Crippen LogP contribution < -0.4 is 5.73 Å². The molecule has 1 aromatic rings. The molecule has 0 aromatic heterocycles. The van der Waals surface area contributed by atoms with Crippen LogP contribution in [0.25, 0.3) is 0 Å². The third-order valence-corrected chi connectivity index (χ3v) is 2.30. The van der Waals surface area contributed by atoms with Crippen molar-refractivity contribution in [2.24, 2.45) is 5.73 Å². The first-order valence-corrected chi connectivity index (χ1v) is 4.38. The van der Waals surface area contributed by atoms with Crippen molar-refractivity contribution >= 4 is 11.7 Å². The van der Waals surface area contributed by atoms with E-state index in [1.54, 1.807) is 4.90 Å². The summed E-state index contributed by atoms with van der Waals surface area (Å²) in [5.74, 6) is -0.0121. The van der Waals surface area contributed by atoms with E-state index in [4.69, 9.17) is 11.1 Å². The summed E-state index contributed by atoms with van der Waals surface area (Å²) in [5.41, 5.74) is 7.07. The maximum Gasteiger partial charge on any atom is 0.237 e. The van der Waals surface area contributed by atoms with Gasteiger partial charge in [0.2, 0.25) is 5.91 Å². The molecule has 0 radical (unpaired) electrons. The van der Waals surface area contributed by atoms with Crippen molar-refractivity contribution < 1.29 is 4.79 Å². The summed E-state index contributed by atoms with van der Waals surface area (Å²) in [6.45, 7) is 0.728. The highest BCUT2D eigenvalue weighted by molar-refractivity contribution is 6.01. The minimum Gasteiger partial charge on any atom is -0.368 e. The van der Waals surface area contributed by atoms with Gasteiger partial charge in [-0.3, -0.25) is 10.2 Å². The van der Waals surface area contributed by atoms with Crippen molar-refractivity contribution in [1.29, 1.82) is 5.41 Å². The van der Waals surface area contributed by atoms with E-state index in [1.807, 2.05) is 24.3 Å². The van der Waals surface area contributed by atoms with E-state index in [2.05, 4.69) is 0 Å². The van der Waals surface area contributed by atoms with Crippen LogP contribution in [0.15, 0.2) is 24.3 Å². The van der Waals surface area contributed by atoms with Gasteiger partial charge in [0, 0.05) is 12.1 Å². The molecule has 3 N–H and O–H groups in total. The number of amidine groups is 1. The zero-order valence-electron chi connectivity index (χ0n) is 7.66. The summed E-state index contributed by atoms with van der Waals surface area (Å²) in [6, 6.07) is 7.67. The van der Waals surface area contributed by atoms with Crippen molar-refractivity contribution in [2.75, 3.05) is 6.54 Å². The Balaban J connectivity index is 2.26. The average molecular weight is 189 g/mol. The van der Waals surface area contributed by atoms with Crippen LogP contribution in [0.5, 0.6) is 0 Å². The van der Waals surface area contributed by atoms with Gasteiger partial charge in [-0.1, -0.05) is 24.3 Å². The molecule has 0 atom stereocenters. The molecule has 14 heavy (non-hydrogen) atoms. The molecule has 0 aliphatic carbocycles. The molecule has 1 aliphatic rings. The van der Waals surface area contributed by atoms with Crippen LogP contribution in [0, 0.1) is 5.41 Å². The zero-order chi connectivity index (χ0) is 10.1. The first-order chi connectivity index (χ1) is 6.68. The Morgan fingerprint density at radius 2 is 2.21 bits per heavy atom. The van der Waals surface area contributed by atoms with Crippen LogP contribution in [-0.2, 0) is 11.3 Å². The minimum absolute atomic E-state index is 0.119. The summed E-state index contributed by atoms with van der Waals surface area (Å²) in [7, 11) is 0. The fraction of sp³-hybridized carbons (Fsp3) is 0.200. The molecule has 4 nitrogen and oxygen atoms in total. The Bertz CT molecular complexity index is 400. The van der Waals surface area contributed by atoms with Crippen molar-refractivity contribution in [1.82, 2.24) is 4.90 Å². The Morgan fingerprint density at radius 1 is 1.50 bits per heavy atom. The molecule has 0 saturated carbocycles. The molecule has 2 rings (SSSR count). The van der Waals surface area contributed by atoms with Gasteiger partial charge in [0.15, 0.2) is 0 Å². The molecule has 1 heterocycles. The third-order valence-electron chi connectivity index (χ3n) is 2.30. The van der Waals surface area contributed by atoms with Crippen LogP contribution in [0.2, 0.25) is 0 Å². The highest BCUT2D eigenvalue weighted by Gasteiger charge is 2.24. The second-order valence-electron chi connectivity index (χ2n) is 3.33. The molecule has 1 amide bonds. The van der Waals surface area contributed by atoms with Crippen LogP contribution in [0.4, 0.5) is 0 Å². The Kier molecular flexibility index (Phi) is 1.96. The smallest absolute Gasteiger partial charge is 0.237 e. The third kappa shape index (κ3) is 1.35. The number of hydrogen-bond donors (Lipinski definition) is 2. The second-order valence-corrected chi connectivity index (χ2v) is 3.33. The monoisotopic (exact) mass is 189 g/mol. The molecule has 4 heteroatoms. The largest absolute Gasteiger partial charge is 0.368 e. The van der Waals surface area contributed by atoms with E-state index in [9.17, 15) is 4.79 Å². The molecule has 0 unspecified atom stereocenters. The van der Waals surface area contributed by atoms with E-state index >= 15 is 0 Å². The number of hydrogen-bond acceptors (Lipinski definition) is 2. The quantitative estimate of drug-likeness (QED) is 0.703. The summed E-state index contributed by atoms with van der Waals surface area (Å²) >= 11 is 0. The number of carbonyl (C=O) groups excluding carboxylic acids is 1. The molecule has 1 aromatic carbocycles. The predicted molar refractivity (Wildman–Crippen MR) is 52.9 cm³/mol. The number of nitrogens with two attached hydrogens (primary N) is 1. The Hall–Kier alpha value is -1.84. The van der Waals surface area contributed by atoms with Crippen molar-refractivity contribution in [3.8, 4) is 0 Å². The predicted octanol–water partition coefficient (Wildman–Crippen LogP) is 0.313. The lowest BCUT2D eigenvalue weighted by Crippen LogP contribution is -2.33. The highest BCUT2D eigenvalue weighted by atomic mass is 16.1. The maximum absolute atomic E-state index is 10.7. The SMILES string of the molecule is N=C1c2ccccc2CN1CC(N)=O. The highest BCUT2D eigenvalue weighted by Crippen LogP contribution is 2.21. The topological polar surface area (TPSA) is 70.2 Å². The van der Waals surface area contributed by atoms with Crippen LogP contribution in [0.1, 0.15) is 11.1 Å². The summed E-state index contributed by atoms with van der Waals surface area (Å²) in [6.07, 6.45) is 0. The van der Waals surface area contributed by atoms with Gasteiger partial charge in [-0.2, -0.15) is 0 Å². The first-order valence-electron chi connectivity index (χ1n) is 4.38. The first kappa shape index (κ1) is 8.74. The van der Waals surface area contributed by atoms with Gasteiger partial charge in [-0.05, 0) is 5.56 Å². The number of nitrogens with zero attached hydrogens (tertiary/aromatic N) is 1. The lowest BCUT2D eigenvalue weighted by atomic mass is 10.1. The molecule has 0 bridgehead atoms. The van der Waals surface area contributed by atoms with E-state index in [1.165, 1.54) is 0 Å². The fourth-order valence-electron chi connectivity index (χ4n) is 1.67. The standard InChI is InChI=1S/C10H11N3O/c11-9(14)6-13-5-7-3-1-2-4-8(7)10(13)12/h1-4,12H,5-6H2,(H2,11,14). The number of rotatable bonds is 2. The number of carbonyl (C=O) groups is 1. The lowest BCUT2D eigenvalue weighted by Gasteiger charge is -2.14. The fourth-order valence-corrected chi connectivity index (χ4v) is 1.67. The van der Waals surface area contributed by atoms with Crippen molar-refractivity contribution in [3.63, 3.8) is 0 Å². The minimum atomic E-state index is -0.400. The normalized spacial score (nSPS) is 14.3. The molecule has 0 fully saturated rings. The molecule has 0 saturated heterocycles. The average Bonchev–Trinajstić information content (AvgIpc) is 2.44. The van der Waals surface area contributed by atoms with E-state index in [-0.39, 0.29) is 6.54 Å². The molecule has 0 spiro atoms. The van der Waals surface area contributed by atoms with Gasteiger partial charge in [0.05, 0.1) is 6.54 Å². The van der Waals surface area contributed by atoms with Gasteiger partial charge in [-0.15, -0.1) is 0 Å². The number of primary amides is 1. The molecule has 72 valence electrons. The summed E-state index contributed by atoms with van der Waals surface area (Å²) < 4.78 is 0. The van der Waals surface area contributed by atoms with Crippen LogP contribution in [0.3, 0.4) is 0 Å². The number of benzene rings is 1. The van der Waals surface area contributed by atoms with Crippen LogP contribution in [-0.4, -0.2) is 23.2 Å². The molecule has 1 aliphatic heterocycles. The van der Waals surface area contributed by atoms with Gasteiger partial charge in [-0.25, -0.2) is 0 Å². The maximum atomic E-state index is 10.7. The summed E-state index contributed by atoms with van der Waals surface area (Å²) in [5, 5.41) is 7.80. The van der Waals surface area contributed by atoms with Crippen LogP contribution >= 0.6 is 0 Å². The lowest BCUT2D eigenvalue weighted by molar-refractivity contribution is -0.118. The summed E-state index contributed by atoms with van der Waals surface area (Å²) in [4.78, 5) is 12.4. The van der Waals surface area contributed by atoms with Gasteiger partial charge in [0.1, 0.15) is 5.84 Å². The van der Waals surface area contributed by atoms with Crippen molar-refractivity contribution in [2.45, 2.75) is 6.54 Å². The van der Waals surface area contributed by atoms with E-state index < -0.39 is 5.91 Å². The number of nitrogens with one attached hydrogen (secondary N) is 1. The van der Waals surface area contributed by atoms with Gasteiger partial charge < -0.3 is 10.6 Å². The number of amides is 1. The Morgan fingerprint density at radius 3 is 2.86 bits per heavy atom. The molecular weight excluding hydrogens is 178 g/mol. The van der Waals surface area contributed by atoms with E-state index in [0.29, 0.717) is 12.4 Å². The second kappa shape index (κ2) is 3.14. The van der Waals surface area contributed by atoms with Crippen molar-refractivity contribution in [3.05, 3.63) is 35.4 Å². The molecular formula is C10H11N3O. The number of fused-ring (bicyclic) bond motifs is 1. The van der Waals surface area contributed by atoms with Gasteiger partial charge in [0.25, 0.3) is 0 Å². The van der Waals surface area contributed by atoms with Gasteiger partial charge >= 0.3 is 0 Å².